The Labute approximate surface area is 213 Å². The number of carbonyl (C=O) groups excluding carboxylic acids is 3. The number of amidine groups is 1. The number of nitrogens with one attached hydrogen (secondary N) is 2. The van der Waals surface area contributed by atoms with E-state index in [0.717, 1.165) is 17.8 Å². The summed E-state index contributed by atoms with van der Waals surface area (Å²) in [5.41, 5.74) is 1.29. The van der Waals surface area contributed by atoms with Crippen molar-refractivity contribution in [2.75, 3.05) is 25.6 Å². The average Bonchev–Trinajstić information content (AvgIpc) is 3.19. The van der Waals surface area contributed by atoms with Gasteiger partial charge in [-0.05, 0) is 58.9 Å². The molecule has 2 aromatic carbocycles. The zero-order valence-electron chi connectivity index (χ0n) is 18.7. The van der Waals surface area contributed by atoms with Crippen LogP contribution < -0.4 is 20.1 Å². The van der Waals surface area contributed by atoms with Crippen LogP contribution in [-0.2, 0) is 19.1 Å². The number of amides is 2. The molecule has 0 bridgehead atoms. The maximum Gasteiger partial charge on any atom is 0.331 e. The van der Waals surface area contributed by atoms with Crippen LogP contribution in [0.15, 0.2) is 68.1 Å². The van der Waals surface area contributed by atoms with Crippen LogP contribution in [0.25, 0.3) is 0 Å². The van der Waals surface area contributed by atoms with Crippen LogP contribution in [0.3, 0.4) is 0 Å². The van der Waals surface area contributed by atoms with E-state index in [4.69, 9.17) is 9.47 Å². The van der Waals surface area contributed by atoms with Crippen molar-refractivity contribution in [1.82, 2.24) is 5.32 Å². The molecule has 0 aliphatic carbocycles. The molecule has 3 rings (SSSR count). The number of carbonyl (C=O) groups is 3. The van der Waals surface area contributed by atoms with Gasteiger partial charge in [0.05, 0.1) is 24.8 Å². The summed E-state index contributed by atoms with van der Waals surface area (Å²) in [5, 5.41) is 13.4. The molecule has 35 heavy (non-hydrogen) atoms. The minimum atomic E-state index is -0.639. The number of halogens is 1. The van der Waals surface area contributed by atoms with Crippen molar-refractivity contribution in [3.05, 3.63) is 63.5 Å². The Balaban J connectivity index is 1.68. The molecule has 12 heteroatoms. The number of hydrogen-bond acceptors (Lipinski definition) is 9. The van der Waals surface area contributed by atoms with Crippen molar-refractivity contribution in [3.63, 3.8) is 0 Å². The van der Waals surface area contributed by atoms with Crippen LogP contribution in [-0.4, -0.2) is 49.5 Å². The van der Waals surface area contributed by atoms with Crippen LogP contribution >= 0.6 is 27.7 Å². The molecule has 1 fully saturated rings. The number of esters is 1. The van der Waals surface area contributed by atoms with E-state index in [1.165, 1.54) is 13.3 Å². The first-order valence-corrected chi connectivity index (χ1v) is 11.8. The van der Waals surface area contributed by atoms with Crippen molar-refractivity contribution >= 4 is 62.5 Å². The molecule has 1 aliphatic rings. The fourth-order valence-corrected chi connectivity index (χ4v) is 3.84. The molecular weight excluding hydrogens is 540 g/mol. The second-order valence-corrected chi connectivity index (χ2v) is 8.58. The number of hydrogen-bond donors (Lipinski definition) is 2. The first-order chi connectivity index (χ1) is 16.9. The van der Waals surface area contributed by atoms with Crippen molar-refractivity contribution in [2.45, 2.75) is 6.92 Å². The molecule has 0 radical (unpaired) electrons. The van der Waals surface area contributed by atoms with Gasteiger partial charge in [-0.1, -0.05) is 18.2 Å². The van der Waals surface area contributed by atoms with Crippen LogP contribution in [0.1, 0.15) is 12.5 Å². The molecule has 2 N–H and O–H groups in total. The zero-order valence-corrected chi connectivity index (χ0v) is 21.1. The number of thioether (sulfide) groups is 1. The van der Waals surface area contributed by atoms with E-state index in [2.05, 4.69) is 41.5 Å². The number of methoxy groups -OCH3 is 1. The molecule has 1 saturated heterocycles. The smallest absolute Gasteiger partial charge is 0.331 e. The van der Waals surface area contributed by atoms with Gasteiger partial charge in [0.1, 0.15) is 0 Å². The summed E-state index contributed by atoms with van der Waals surface area (Å²) in [5.74, 6) is -0.620. The van der Waals surface area contributed by atoms with E-state index in [-0.39, 0.29) is 22.6 Å². The molecule has 0 aromatic heterocycles. The molecular formula is C23H21BrN4O6S. The summed E-state index contributed by atoms with van der Waals surface area (Å²) in [7, 11) is 1.22. The standard InChI is InChI=1S/C23H21BrN4O6S/c1-3-33-17-9-14(12-25-28-23-27-22(31)19(35-23)11-21(30)32-2)16(24)10-18(17)34-13-20(29)26-15-7-5-4-6-8-15/h4-12H,3,13H2,1-2H3,(H,26,29)(H,27,28,31)/b19-11+,25-12?. The quantitative estimate of drug-likeness (QED) is 0.208. The molecule has 1 aliphatic heterocycles. The highest BCUT2D eigenvalue weighted by molar-refractivity contribution is 9.10. The Kier molecular flexibility index (Phi) is 9.44. The Morgan fingerprint density at radius 2 is 1.91 bits per heavy atom. The predicted octanol–water partition coefficient (Wildman–Crippen LogP) is 3.48. The topological polar surface area (TPSA) is 128 Å². The Morgan fingerprint density at radius 1 is 1.17 bits per heavy atom. The first-order valence-electron chi connectivity index (χ1n) is 10.2. The lowest BCUT2D eigenvalue weighted by Crippen LogP contribution is -2.20. The van der Waals surface area contributed by atoms with Crippen molar-refractivity contribution in [2.24, 2.45) is 10.2 Å². The van der Waals surface area contributed by atoms with Crippen LogP contribution in [0.2, 0.25) is 0 Å². The first kappa shape index (κ1) is 26.0. The van der Waals surface area contributed by atoms with Gasteiger partial charge in [-0.25, -0.2) is 4.79 Å². The largest absolute Gasteiger partial charge is 0.490 e. The van der Waals surface area contributed by atoms with E-state index >= 15 is 0 Å². The Bertz CT molecular complexity index is 1200. The number of para-hydroxylation sites is 1. The molecule has 0 saturated carbocycles. The van der Waals surface area contributed by atoms with Crippen molar-refractivity contribution < 1.29 is 28.6 Å². The zero-order chi connectivity index (χ0) is 25.2. The van der Waals surface area contributed by atoms with Gasteiger partial charge in [-0.15, -0.1) is 5.10 Å². The van der Waals surface area contributed by atoms with Gasteiger partial charge < -0.3 is 19.5 Å². The van der Waals surface area contributed by atoms with E-state index in [1.807, 2.05) is 25.1 Å². The fraction of sp³-hybridized carbons (Fsp3) is 0.174. The third-order valence-corrected chi connectivity index (χ3v) is 5.81. The van der Waals surface area contributed by atoms with Crippen LogP contribution in [0.4, 0.5) is 5.69 Å². The lowest BCUT2D eigenvalue weighted by atomic mass is 10.2. The highest BCUT2D eigenvalue weighted by Crippen LogP contribution is 2.33. The summed E-state index contributed by atoms with van der Waals surface area (Å²) >= 11 is 4.42. The minimum absolute atomic E-state index is 0.156. The lowest BCUT2D eigenvalue weighted by molar-refractivity contribution is -0.135. The number of rotatable bonds is 9. The highest BCUT2D eigenvalue weighted by atomic mass is 79.9. The second-order valence-electron chi connectivity index (χ2n) is 6.69. The molecule has 1 heterocycles. The van der Waals surface area contributed by atoms with Gasteiger partial charge in [0.15, 0.2) is 23.3 Å². The predicted molar refractivity (Wildman–Crippen MR) is 137 cm³/mol. The summed E-state index contributed by atoms with van der Waals surface area (Å²) < 4.78 is 16.5. The van der Waals surface area contributed by atoms with Gasteiger partial charge in [0.25, 0.3) is 11.8 Å². The fourth-order valence-electron chi connectivity index (χ4n) is 2.68. The number of anilines is 1. The molecule has 2 amide bonds. The summed E-state index contributed by atoms with van der Waals surface area (Å²) in [4.78, 5) is 35.6. The number of nitrogens with zero attached hydrogens (tertiary/aromatic N) is 2. The SMILES string of the molecule is CCOc1cc(C=N/N=C2/NC(=O)/C(=C\C(=O)OC)S2)c(Br)cc1OCC(=O)Nc1ccccc1. The second kappa shape index (κ2) is 12.7. The maximum absolute atomic E-state index is 12.2. The molecule has 0 unspecified atom stereocenters. The third-order valence-electron chi connectivity index (χ3n) is 4.23. The van der Waals surface area contributed by atoms with Gasteiger partial charge in [0, 0.05) is 21.8 Å². The Hall–Kier alpha value is -3.64. The van der Waals surface area contributed by atoms with E-state index in [9.17, 15) is 14.4 Å². The highest BCUT2D eigenvalue weighted by Gasteiger charge is 2.25. The van der Waals surface area contributed by atoms with Gasteiger partial charge in [0.2, 0.25) is 0 Å². The third kappa shape index (κ3) is 7.69. The molecule has 182 valence electrons. The van der Waals surface area contributed by atoms with Crippen LogP contribution in [0.5, 0.6) is 11.5 Å². The van der Waals surface area contributed by atoms with E-state index in [0.29, 0.717) is 33.8 Å². The normalized spacial score (nSPS) is 15.3. The van der Waals surface area contributed by atoms with Crippen molar-refractivity contribution in [1.29, 1.82) is 0 Å². The number of benzene rings is 2. The minimum Gasteiger partial charge on any atom is -0.490 e. The summed E-state index contributed by atoms with van der Waals surface area (Å²) in [6.45, 7) is 2.00. The monoisotopic (exact) mass is 560 g/mol. The molecule has 0 atom stereocenters. The van der Waals surface area contributed by atoms with E-state index in [1.54, 1.807) is 24.3 Å². The molecule has 10 nitrogen and oxygen atoms in total. The van der Waals surface area contributed by atoms with Gasteiger partial charge in [-0.3, -0.25) is 14.9 Å². The van der Waals surface area contributed by atoms with Gasteiger partial charge >= 0.3 is 5.97 Å². The molecule has 2 aromatic rings. The Morgan fingerprint density at radius 3 is 2.63 bits per heavy atom. The van der Waals surface area contributed by atoms with Crippen molar-refractivity contribution in [3.8, 4) is 11.5 Å². The van der Waals surface area contributed by atoms with Crippen LogP contribution in [0, 0.1) is 0 Å². The van der Waals surface area contributed by atoms with Gasteiger partial charge in [-0.2, -0.15) is 5.10 Å². The van der Waals surface area contributed by atoms with E-state index < -0.39 is 11.9 Å². The summed E-state index contributed by atoms with van der Waals surface area (Å²) in [6, 6.07) is 12.4. The summed E-state index contributed by atoms with van der Waals surface area (Å²) in [6.07, 6.45) is 2.54. The number of ether oxygens (including phenoxy) is 3. The molecule has 0 spiro atoms. The average molecular weight is 561 g/mol. The lowest BCUT2D eigenvalue weighted by Gasteiger charge is -2.13. The maximum atomic E-state index is 12.2.